The summed E-state index contributed by atoms with van der Waals surface area (Å²) in [7, 11) is 2.05. The molecule has 0 radical (unpaired) electrons. The first-order valence-electron chi connectivity index (χ1n) is 4.54. The Morgan fingerprint density at radius 2 is 1.43 bits per heavy atom. The van der Waals surface area contributed by atoms with Gasteiger partial charge in [-0.05, 0) is 6.42 Å². The lowest BCUT2D eigenvalue weighted by Gasteiger charge is -2.38. The molecule has 0 spiro atoms. The molecule has 0 saturated carbocycles. The van der Waals surface area contributed by atoms with Crippen LogP contribution in [-0.2, 0) is 13.3 Å². The second-order valence-corrected chi connectivity index (χ2v) is 6.24. The average Bonchev–Trinajstić information content (AvgIpc) is 2.27. The van der Waals surface area contributed by atoms with Crippen molar-refractivity contribution in [2.24, 2.45) is 0 Å². The highest BCUT2D eigenvalue weighted by Gasteiger charge is 2.55. The van der Waals surface area contributed by atoms with E-state index in [1.807, 2.05) is 6.92 Å². The van der Waals surface area contributed by atoms with E-state index in [-0.39, 0.29) is 0 Å². The molecule has 4 heteroatoms. The summed E-state index contributed by atoms with van der Waals surface area (Å²) in [5, 5.41) is -0.411. The predicted octanol–water partition coefficient (Wildman–Crippen LogP) is 2.39. The Morgan fingerprint density at radius 1 is 1.07 bits per heavy atom. The van der Waals surface area contributed by atoms with Gasteiger partial charge in [0, 0.05) is 21.3 Å². The first-order valence-corrected chi connectivity index (χ1v) is 6.27. The highest BCUT2D eigenvalue weighted by Crippen LogP contribution is 2.44. The van der Waals surface area contributed by atoms with E-state index in [4.69, 9.17) is 13.3 Å². The number of hydrogen-bond donors (Lipinski definition) is 0. The molecule has 14 heavy (non-hydrogen) atoms. The predicted molar refractivity (Wildman–Crippen MR) is 60.2 cm³/mol. The van der Waals surface area contributed by atoms with E-state index in [9.17, 15) is 0 Å². The Kier molecular flexibility index (Phi) is 5.29. The molecule has 0 atom stereocenters. The van der Waals surface area contributed by atoms with E-state index in [0.29, 0.717) is 0 Å². The summed E-state index contributed by atoms with van der Waals surface area (Å²) >= 11 is 0. The number of hydrogen-bond acceptors (Lipinski definition) is 3. The molecule has 0 N–H and O–H groups in total. The third kappa shape index (κ3) is 1.83. The van der Waals surface area contributed by atoms with Gasteiger partial charge in [-0.1, -0.05) is 19.1 Å². The van der Waals surface area contributed by atoms with Crippen LogP contribution < -0.4 is 0 Å². The van der Waals surface area contributed by atoms with Crippen LogP contribution in [0.3, 0.4) is 0 Å². The summed E-state index contributed by atoms with van der Waals surface area (Å²) < 4.78 is 16.3. The minimum absolute atomic E-state index is 0.411. The fourth-order valence-electron chi connectivity index (χ4n) is 1.66. The molecule has 0 rings (SSSR count). The van der Waals surface area contributed by atoms with Crippen molar-refractivity contribution in [2.45, 2.75) is 18.4 Å². The average molecular weight is 216 g/mol. The zero-order valence-electron chi connectivity index (χ0n) is 9.50. The maximum absolute atomic E-state index is 5.43. The van der Waals surface area contributed by atoms with E-state index in [0.717, 1.165) is 6.42 Å². The number of allylic oxidation sites excluding steroid dienone is 2. The van der Waals surface area contributed by atoms with E-state index in [2.05, 4.69) is 13.2 Å². The molecular weight excluding hydrogens is 196 g/mol. The summed E-state index contributed by atoms with van der Waals surface area (Å²) in [6.07, 6.45) is 4.38. The zero-order chi connectivity index (χ0) is 11.2. The molecule has 0 aromatic heterocycles. The summed E-state index contributed by atoms with van der Waals surface area (Å²) in [6, 6.07) is 0. The van der Waals surface area contributed by atoms with Gasteiger partial charge in [-0.15, -0.1) is 13.2 Å². The van der Waals surface area contributed by atoms with Crippen LogP contribution in [0.4, 0.5) is 0 Å². The van der Waals surface area contributed by atoms with Crippen LogP contribution in [-0.4, -0.2) is 30.1 Å². The first-order chi connectivity index (χ1) is 6.61. The molecule has 0 aromatic rings. The van der Waals surface area contributed by atoms with E-state index in [1.165, 1.54) is 0 Å². The van der Waals surface area contributed by atoms with Crippen molar-refractivity contribution >= 4 is 8.80 Å². The lowest BCUT2D eigenvalue weighted by molar-refractivity contribution is 0.105. The van der Waals surface area contributed by atoms with Crippen molar-refractivity contribution in [1.82, 2.24) is 0 Å². The standard InChI is InChI=1S/C10H20O3Si/c1-7-10(8-2,9-3)14(11-4,12-5)13-6/h7-8H,1-2,9H2,3-6H3. The summed E-state index contributed by atoms with van der Waals surface area (Å²) in [5.74, 6) is 0. The molecule has 3 nitrogen and oxygen atoms in total. The Labute approximate surface area is 87.7 Å². The molecule has 0 saturated heterocycles. The second kappa shape index (κ2) is 5.46. The normalized spacial score (nSPS) is 12.6. The summed E-state index contributed by atoms with van der Waals surface area (Å²) in [5.41, 5.74) is 0. The van der Waals surface area contributed by atoms with Crippen LogP contribution in [0, 0.1) is 0 Å². The van der Waals surface area contributed by atoms with Crippen molar-refractivity contribution in [3.63, 3.8) is 0 Å². The maximum atomic E-state index is 5.43. The summed E-state index contributed by atoms with van der Waals surface area (Å²) in [6.45, 7) is 9.65. The van der Waals surface area contributed by atoms with Crippen molar-refractivity contribution in [3.8, 4) is 0 Å². The fraction of sp³-hybridized carbons (Fsp3) is 0.600. The molecule has 82 valence electrons. The van der Waals surface area contributed by atoms with Gasteiger partial charge in [0.05, 0.1) is 5.04 Å². The Morgan fingerprint density at radius 3 is 1.50 bits per heavy atom. The maximum Gasteiger partial charge on any atom is 0.514 e. The molecular formula is C10H20O3Si. The highest BCUT2D eigenvalue weighted by molar-refractivity contribution is 6.65. The lowest BCUT2D eigenvalue weighted by atomic mass is 10.1. The van der Waals surface area contributed by atoms with Crippen LogP contribution in [0.25, 0.3) is 0 Å². The van der Waals surface area contributed by atoms with E-state index < -0.39 is 13.8 Å². The monoisotopic (exact) mass is 216 g/mol. The van der Waals surface area contributed by atoms with Gasteiger partial charge in [-0.3, -0.25) is 0 Å². The Balaban J connectivity index is 5.29. The SMILES string of the molecule is C=CC(C=C)(CC)[Si](OC)(OC)OC. The van der Waals surface area contributed by atoms with E-state index >= 15 is 0 Å². The van der Waals surface area contributed by atoms with Crippen LogP contribution in [0.15, 0.2) is 25.3 Å². The van der Waals surface area contributed by atoms with Gasteiger partial charge in [0.25, 0.3) is 0 Å². The van der Waals surface area contributed by atoms with Crippen molar-refractivity contribution in [2.75, 3.05) is 21.3 Å². The highest BCUT2D eigenvalue weighted by atomic mass is 28.4. The van der Waals surface area contributed by atoms with Gasteiger partial charge in [-0.2, -0.15) is 0 Å². The van der Waals surface area contributed by atoms with Crippen molar-refractivity contribution < 1.29 is 13.3 Å². The quantitative estimate of drug-likeness (QED) is 0.483. The fourth-order valence-corrected chi connectivity index (χ4v) is 4.23. The lowest BCUT2D eigenvalue weighted by Crippen LogP contribution is -2.52. The summed E-state index contributed by atoms with van der Waals surface area (Å²) in [4.78, 5) is 0. The minimum Gasteiger partial charge on any atom is -0.376 e. The minimum atomic E-state index is -2.73. The van der Waals surface area contributed by atoms with Gasteiger partial charge in [-0.25, -0.2) is 0 Å². The Bertz CT molecular complexity index is 183. The van der Waals surface area contributed by atoms with Crippen LogP contribution in [0.2, 0.25) is 5.04 Å². The van der Waals surface area contributed by atoms with E-state index in [1.54, 1.807) is 33.5 Å². The topological polar surface area (TPSA) is 27.7 Å². The third-order valence-electron chi connectivity index (χ3n) is 2.69. The molecule has 0 aliphatic carbocycles. The largest absolute Gasteiger partial charge is 0.514 e. The van der Waals surface area contributed by atoms with Crippen LogP contribution in [0.5, 0.6) is 0 Å². The molecule has 0 unspecified atom stereocenters. The molecule has 0 aliphatic heterocycles. The van der Waals surface area contributed by atoms with Gasteiger partial charge in [0.2, 0.25) is 0 Å². The molecule has 0 heterocycles. The Hall–Kier alpha value is -0.423. The van der Waals surface area contributed by atoms with Crippen molar-refractivity contribution in [3.05, 3.63) is 25.3 Å². The van der Waals surface area contributed by atoms with Gasteiger partial charge in [0.15, 0.2) is 0 Å². The zero-order valence-corrected chi connectivity index (χ0v) is 10.5. The molecule has 0 aromatic carbocycles. The van der Waals surface area contributed by atoms with Crippen LogP contribution >= 0.6 is 0 Å². The van der Waals surface area contributed by atoms with Crippen LogP contribution in [0.1, 0.15) is 13.3 Å². The third-order valence-corrected chi connectivity index (χ3v) is 6.20. The molecule has 0 aliphatic rings. The van der Waals surface area contributed by atoms with Gasteiger partial charge >= 0.3 is 8.80 Å². The first kappa shape index (κ1) is 13.6. The molecule has 0 fully saturated rings. The van der Waals surface area contributed by atoms with Crippen molar-refractivity contribution in [1.29, 1.82) is 0 Å². The second-order valence-electron chi connectivity index (χ2n) is 2.97. The smallest absolute Gasteiger partial charge is 0.376 e. The van der Waals surface area contributed by atoms with Gasteiger partial charge < -0.3 is 13.3 Å². The molecule has 0 bridgehead atoms. The number of rotatable bonds is 7. The molecule has 0 amide bonds. The van der Waals surface area contributed by atoms with Gasteiger partial charge in [0.1, 0.15) is 0 Å².